The van der Waals surface area contributed by atoms with Crippen LogP contribution in [0.1, 0.15) is 27.9 Å². The van der Waals surface area contributed by atoms with Crippen LogP contribution in [-0.2, 0) is 4.74 Å². The van der Waals surface area contributed by atoms with Crippen molar-refractivity contribution in [2.75, 3.05) is 6.61 Å². The first-order valence-electron chi connectivity index (χ1n) is 6.32. The predicted octanol–water partition coefficient (Wildman–Crippen LogP) is 3.92. The summed E-state index contributed by atoms with van der Waals surface area (Å²) in [5.41, 5.74) is 3.07. The van der Waals surface area contributed by atoms with Crippen LogP contribution in [0.25, 0.3) is 15.5 Å². The summed E-state index contributed by atoms with van der Waals surface area (Å²) in [5, 5.41) is 2.06. The number of aryl methyl sites for hydroxylation is 2. The number of esters is 1. The molecule has 0 amide bonds. The van der Waals surface area contributed by atoms with Crippen LogP contribution < -0.4 is 0 Å². The Labute approximate surface area is 124 Å². The minimum absolute atomic E-state index is 0.269. The maximum Gasteiger partial charge on any atom is 0.350 e. The number of hydrogen-bond acceptors (Lipinski definition) is 5. The standard InChI is InChI=1S/C14H14N2O2S2/c1-4-18-13(17)12-9(3)16-7-10(15-14(16)20-12)11-8(2)5-6-19-11/h5-7H,4H2,1-3H3. The quantitative estimate of drug-likeness (QED) is 0.689. The first-order valence-corrected chi connectivity index (χ1v) is 8.01. The summed E-state index contributed by atoms with van der Waals surface area (Å²) in [6.45, 7) is 6.19. The number of nitrogens with zero attached hydrogens (tertiary/aromatic N) is 2. The van der Waals surface area contributed by atoms with Gasteiger partial charge in [0.25, 0.3) is 0 Å². The maximum atomic E-state index is 11.8. The Morgan fingerprint density at radius 3 is 2.85 bits per heavy atom. The molecule has 0 bridgehead atoms. The third kappa shape index (κ3) is 2.05. The molecule has 104 valence electrons. The van der Waals surface area contributed by atoms with Crippen molar-refractivity contribution in [2.45, 2.75) is 20.8 Å². The molecular weight excluding hydrogens is 292 g/mol. The fraction of sp³-hybridized carbons (Fsp3) is 0.286. The highest BCUT2D eigenvalue weighted by Gasteiger charge is 2.19. The van der Waals surface area contributed by atoms with Gasteiger partial charge in [0.15, 0.2) is 4.96 Å². The minimum atomic E-state index is -0.269. The predicted molar refractivity (Wildman–Crippen MR) is 81.8 cm³/mol. The Bertz CT molecular complexity index is 782. The lowest BCUT2D eigenvalue weighted by Crippen LogP contribution is -2.04. The molecule has 0 fully saturated rings. The zero-order valence-corrected chi connectivity index (χ0v) is 13.1. The van der Waals surface area contributed by atoms with Crippen molar-refractivity contribution in [3.05, 3.63) is 33.8 Å². The number of rotatable bonds is 3. The second kappa shape index (κ2) is 5.03. The average Bonchev–Trinajstić information content (AvgIpc) is 3.06. The van der Waals surface area contributed by atoms with Crippen molar-refractivity contribution in [3.8, 4) is 10.6 Å². The van der Waals surface area contributed by atoms with E-state index < -0.39 is 0 Å². The SMILES string of the molecule is CCOC(=O)c1sc2nc(-c3sccc3C)cn2c1C. The van der Waals surface area contributed by atoms with Gasteiger partial charge in [-0.05, 0) is 37.8 Å². The molecule has 0 aliphatic heterocycles. The molecule has 0 saturated heterocycles. The van der Waals surface area contributed by atoms with Crippen molar-refractivity contribution in [3.63, 3.8) is 0 Å². The summed E-state index contributed by atoms with van der Waals surface area (Å²) in [7, 11) is 0. The molecule has 0 aliphatic rings. The van der Waals surface area contributed by atoms with Crippen LogP contribution in [0.3, 0.4) is 0 Å². The third-order valence-corrected chi connectivity index (χ3v) is 5.29. The average molecular weight is 306 g/mol. The number of fused-ring (bicyclic) bond motifs is 1. The zero-order valence-electron chi connectivity index (χ0n) is 11.5. The highest BCUT2D eigenvalue weighted by Crippen LogP contribution is 2.31. The van der Waals surface area contributed by atoms with E-state index in [4.69, 9.17) is 4.74 Å². The highest BCUT2D eigenvalue weighted by molar-refractivity contribution is 7.19. The normalized spacial score (nSPS) is 11.2. The summed E-state index contributed by atoms with van der Waals surface area (Å²) >= 11 is 3.06. The number of carbonyl (C=O) groups excluding carboxylic acids is 1. The number of ether oxygens (including phenoxy) is 1. The molecule has 3 aromatic heterocycles. The van der Waals surface area contributed by atoms with Gasteiger partial charge in [0.2, 0.25) is 0 Å². The Balaban J connectivity index is 2.07. The number of hydrogen-bond donors (Lipinski definition) is 0. The van der Waals surface area contributed by atoms with Crippen LogP contribution in [0, 0.1) is 13.8 Å². The van der Waals surface area contributed by atoms with Crippen LogP contribution in [-0.4, -0.2) is 22.0 Å². The smallest absolute Gasteiger partial charge is 0.350 e. The fourth-order valence-corrected chi connectivity index (χ4v) is 3.96. The minimum Gasteiger partial charge on any atom is -0.462 e. The summed E-state index contributed by atoms with van der Waals surface area (Å²) in [6.07, 6.45) is 1.99. The van der Waals surface area contributed by atoms with Gasteiger partial charge in [0.1, 0.15) is 10.6 Å². The van der Waals surface area contributed by atoms with E-state index in [1.54, 1.807) is 11.3 Å². The molecule has 0 unspecified atom stereocenters. The van der Waals surface area contributed by atoms with E-state index in [1.165, 1.54) is 21.8 Å². The number of thiazole rings is 1. The van der Waals surface area contributed by atoms with E-state index in [-0.39, 0.29) is 5.97 Å². The van der Waals surface area contributed by atoms with Gasteiger partial charge in [0, 0.05) is 11.9 Å². The number of carbonyl (C=O) groups is 1. The number of thiophene rings is 1. The molecule has 6 heteroatoms. The molecule has 0 saturated carbocycles. The molecule has 20 heavy (non-hydrogen) atoms. The number of imidazole rings is 1. The van der Waals surface area contributed by atoms with E-state index in [1.807, 2.05) is 24.4 Å². The molecule has 3 rings (SSSR count). The fourth-order valence-electron chi connectivity index (χ4n) is 2.08. The van der Waals surface area contributed by atoms with Gasteiger partial charge in [-0.2, -0.15) is 0 Å². The molecule has 0 atom stereocenters. The Morgan fingerprint density at radius 1 is 1.45 bits per heavy atom. The van der Waals surface area contributed by atoms with E-state index in [0.29, 0.717) is 11.5 Å². The Morgan fingerprint density at radius 2 is 2.25 bits per heavy atom. The Hall–Kier alpha value is -1.66. The van der Waals surface area contributed by atoms with Gasteiger partial charge in [-0.1, -0.05) is 11.3 Å². The Kier molecular flexibility index (Phi) is 3.35. The first kappa shape index (κ1) is 13.3. The van der Waals surface area contributed by atoms with E-state index in [9.17, 15) is 4.79 Å². The molecule has 0 spiro atoms. The molecule has 0 N–H and O–H groups in total. The monoisotopic (exact) mass is 306 g/mol. The van der Waals surface area contributed by atoms with E-state index in [0.717, 1.165) is 16.3 Å². The van der Waals surface area contributed by atoms with E-state index in [2.05, 4.69) is 23.4 Å². The zero-order chi connectivity index (χ0) is 14.3. The van der Waals surface area contributed by atoms with Crippen molar-refractivity contribution in [1.29, 1.82) is 0 Å². The summed E-state index contributed by atoms with van der Waals surface area (Å²) in [5.74, 6) is -0.269. The van der Waals surface area contributed by atoms with Crippen molar-refractivity contribution < 1.29 is 9.53 Å². The van der Waals surface area contributed by atoms with Crippen LogP contribution in [0.15, 0.2) is 17.6 Å². The third-order valence-electron chi connectivity index (χ3n) is 3.11. The summed E-state index contributed by atoms with van der Waals surface area (Å²) < 4.78 is 7.03. The second-order valence-corrected chi connectivity index (χ2v) is 6.34. The highest BCUT2D eigenvalue weighted by atomic mass is 32.1. The topological polar surface area (TPSA) is 43.6 Å². The second-order valence-electron chi connectivity index (χ2n) is 4.45. The molecular formula is C14H14N2O2S2. The lowest BCUT2D eigenvalue weighted by molar-refractivity contribution is 0.0531. The van der Waals surface area contributed by atoms with Crippen LogP contribution in [0.2, 0.25) is 0 Å². The van der Waals surface area contributed by atoms with Crippen LogP contribution in [0.5, 0.6) is 0 Å². The van der Waals surface area contributed by atoms with Gasteiger partial charge < -0.3 is 4.74 Å². The molecule has 3 aromatic rings. The largest absolute Gasteiger partial charge is 0.462 e. The van der Waals surface area contributed by atoms with Crippen molar-refractivity contribution >= 4 is 33.6 Å². The van der Waals surface area contributed by atoms with E-state index >= 15 is 0 Å². The maximum absolute atomic E-state index is 11.8. The first-order chi connectivity index (χ1) is 9.61. The number of aromatic nitrogens is 2. The van der Waals surface area contributed by atoms with Gasteiger partial charge in [-0.15, -0.1) is 11.3 Å². The van der Waals surface area contributed by atoms with Crippen molar-refractivity contribution in [1.82, 2.24) is 9.38 Å². The van der Waals surface area contributed by atoms with Crippen molar-refractivity contribution in [2.24, 2.45) is 0 Å². The molecule has 0 aliphatic carbocycles. The van der Waals surface area contributed by atoms with Gasteiger partial charge in [-0.3, -0.25) is 4.40 Å². The van der Waals surface area contributed by atoms with Crippen LogP contribution >= 0.6 is 22.7 Å². The molecule has 4 nitrogen and oxygen atoms in total. The van der Waals surface area contributed by atoms with Gasteiger partial charge in [0.05, 0.1) is 11.5 Å². The summed E-state index contributed by atoms with van der Waals surface area (Å²) in [6, 6.07) is 2.09. The van der Waals surface area contributed by atoms with Gasteiger partial charge in [-0.25, -0.2) is 9.78 Å². The lowest BCUT2D eigenvalue weighted by atomic mass is 10.2. The molecule has 3 heterocycles. The molecule has 0 aromatic carbocycles. The van der Waals surface area contributed by atoms with Crippen LogP contribution in [0.4, 0.5) is 0 Å². The molecule has 0 radical (unpaired) electrons. The summed E-state index contributed by atoms with van der Waals surface area (Å²) in [4.78, 5) is 19.1. The van der Waals surface area contributed by atoms with Gasteiger partial charge >= 0.3 is 5.97 Å². The lowest BCUT2D eigenvalue weighted by Gasteiger charge is -1.99.